The number of thiophene rings is 1. The number of nitrogens with one attached hydrogen (secondary N) is 1. The first-order valence-corrected chi connectivity index (χ1v) is 12.2. The molecule has 172 valence electrons. The number of benzene rings is 2. The second-order valence-corrected chi connectivity index (χ2v) is 9.48. The molecular weight excluding hydrogens is 458 g/mol. The van der Waals surface area contributed by atoms with Gasteiger partial charge in [0.25, 0.3) is 11.5 Å². The minimum atomic E-state index is -0.439. The molecule has 6 rings (SSSR count). The maximum atomic E-state index is 13.5. The van der Waals surface area contributed by atoms with Gasteiger partial charge in [0.05, 0.1) is 22.4 Å². The van der Waals surface area contributed by atoms with E-state index in [-0.39, 0.29) is 11.5 Å². The number of rotatable bonds is 4. The fraction of sp³-hybridized carbons (Fsp3) is 0.107. The Labute approximate surface area is 205 Å². The number of carbonyl (C=O) groups is 1. The van der Waals surface area contributed by atoms with E-state index in [0.717, 1.165) is 27.6 Å². The Balaban J connectivity index is 1.58. The van der Waals surface area contributed by atoms with Gasteiger partial charge in [0.2, 0.25) is 0 Å². The Hall–Kier alpha value is -4.23. The molecule has 2 aromatic carbocycles. The van der Waals surface area contributed by atoms with Gasteiger partial charge >= 0.3 is 0 Å². The van der Waals surface area contributed by atoms with Crippen molar-refractivity contribution in [2.45, 2.75) is 19.4 Å². The van der Waals surface area contributed by atoms with Gasteiger partial charge in [-0.25, -0.2) is 5.01 Å². The number of furan rings is 1. The van der Waals surface area contributed by atoms with E-state index in [9.17, 15) is 9.59 Å². The van der Waals surface area contributed by atoms with Crippen LogP contribution in [0.5, 0.6) is 0 Å². The third kappa shape index (κ3) is 3.70. The monoisotopic (exact) mass is 479 g/mol. The highest BCUT2D eigenvalue weighted by molar-refractivity contribution is 7.12. The molecular formula is C28H21N3O3S. The quantitative estimate of drug-likeness (QED) is 0.336. The standard InChI is InChI=1S/C28H21N3O3S/c1-17-11-12-20-19(15-17)25(18-7-3-2-4-8-18)26(27(32)29-20)21-16-22(23-9-5-13-34-23)31(30-21)28(33)24-10-6-14-35-24/h2-15,22H,16H2,1H3,(H,29,32). The van der Waals surface area contributed by atoms with Crippen LogP contribution in [0.2, 0.25) is 0 Å². The van der Waals surface area contributed by atoms with Crippen LogP contribution in [0.15, 0.2) is 98.8 Å². The summed E-state index contributed by atoms with van der Waals surface area (Å²) in [6.07, 6.45) is 1.95. The van der Waals surface area contributed by atoms with Crippen molar-refractivity contribution in [3.63, 3.8) is 0 Å². The normalized spacial score (nSPS) is 15.5. The van der Waals surface area contributed by atoms with Crippen molar-refractivity contribution in [1.82, 2.24) is 9.99 Å². The van der Waals surface area contributed by atoms with Gasteiger partial charge < -0.3 is 9.40 Å². The summed E-state index contributed by atoms with van der Waals surface area (Å²) in [6.45, 7) is 2.03. The first-order valence-electron chi connectivity index (χ1n) is 11.3. The molecule has 1 unspecified atom stereocenters. The van der Waals surface area contributed by atoms with Crippen LogP contribution in [0.3, 0.4) is 0 Å². The Morgan fingerprint density at radius 1 is 1.06 bits per heavy atom. The summed E-state index contributed by atoms with van der Waals surface area (Å²) in [5.74, 6) is 0.411. The number of carbonyl (C=O) groups excluding carboxylic acids is 1. The first-order chi connectivity index (χ1) is 17.1. The molecule has 35 heavy (non-hydrogen) atoms. The lowest BCUT2D eigenvalue weighted by Crippen LogP contribution is -2.26. The highest BCUT2D eigenvalue weighted by Gasteiger charge is 2.37. The van der Waals surface area contributed by atoms with Crippen LogP contribution in [0, 0.1) is 6.92 Å². The van der Waals surface area contributed by atoms with Gasteiger partial charge in [0, 0.05) is 22.9 Å². The number of hydrogen-bond donors (Lipinski definition) is 1. The highest BCUT2D eigenvalue weighted by atomic mass is 32.1. The second kappa shape index (κ2) is 8.52. The van der Waals surface area contributed by atoms with Gasteiger partial charge in [-0.1, -0.05) is 48.0 Å². The third-order valence-electron chi connectivity index (χ3n) is 6.24. The van der Waals surface area contributed by atoms with Gasteiger partial charge in [-0.3, -0.25) is 9.59 Å². The number of aryl methyl sites for hydroxylation is 1. The number of aromatic nitrogens is 1. The van der Waals surface area contributed by atoms with E-state index >= 15 is 0 Å². The molecule has 0 spiro atoms. The largest absolute Gasteiger partial charge is 0.467 e. The lowest BCUT2D eigenvalue weighted by molar-refractivity contribution is 0.0698. The SMILES string of the molecule is Cc1ccc2[nH]c(=O)c(C3=NN(C(=O)c4cccs4)C(c4ccco4)C3)c(-c3ccccc3)c2c1. The summed E-state index contributed by atoms with van der Waals surface area (Å²) in [5, 5.41) is 9.00. The number of pyridine rings is 1. The fourth-order valence-corrected chi connectivity index (χ4v) is 5.31. The molecule has 0 bridgehead atoms. The van der Waals surface area contributed by atoms with E-state index in [1.165, 1.54) is 16.3 Å². The zero-order valence-electron chi connectivity index (χ0n) is 18.9. The molecule has 1 aliphatic heterocycles. The molecule has 1 amide bonds. The van der Waals surface area contributed by atoms with Crippen molar-refractivity contribution in [2.24, 2.45) is 5.10 Å². The van der Waals surface area contributed by atoms with Crippen molar-refractivity contribution >= 4 is 33.9 Å². The smallest absolute Gasteiger partial charge is 0.284 e. The van der Waals surface area contributed by atoms with E-state index in [2.05, 4.69) is 11.1 Å². The van der Waals surface area contributed by atoms with Crippen LogP contribution in [0.1, 0.15) is 39.0 Å². The Morgan fingerprint density at radius 2 is 1.91 bits per heavy atom. The van der Waals surface area contributed by atoms with Crippen LogP contribution >= 0.6 is 11.3 Å². The van der Waals surface area contributed by atoms with Crippen molar-refractivity contribution < 1.29 is 9.21 Å². The third-order valence-corrected chi connectivity index (χ3v) is 7.10. The molecule has 0 fully saturated rings. The van der Waals surface area contributed by atoms with Crippen LogP contribution in [0.25, 0.3) is 22.0 Å². The summed E-state index contributed by atoms with van der Waals surface area (Å²) in [5.41, 5.74) is 4.38. The van der Waals surface area contributed by atoms with Crippen LogP contribution in [-0.2, 0) is 0 Å². The van der Waals surface area contributed by atoms with Crippen LogP contribution in [-0.4, -0.2) is 21.6 Å². The molecule has 1 N–H and O–H groups in total. The average Bonchev–Trinajstić information content (AvgIpc) is 3.65. The van der Waals surface area contributed by atoms with Crippen LogP contribution < -0.4 is 5.56 Å². The van der Waals surface area contributed by atoms with Gasteiger partial charge in [-0.15, -0.1) is 11.3 Å². The van der Waals surface area contributed by atoms with Gasteiger partial charge in [-0.05, 0) is 48.2 Å². The van der Waals surface area contributed by atoms with E-state index in [0.29, 0.717) is 28.3 Å². The molecule has 0 saturated carbocycles. The van der Waals surface area contributed by atoms with Crippen molar-refractivity contribution in [1.29, 1.82) is 0 Å². The maximum Gasteiger partial charge on any atom is 0.284 e. The number of fused-ring (bicyclic) bond motifs is 1. The Bertz CT molecular complexity index is 1620. The van der Waals surface area contributed by atoms with Gasteiger partial charge in [-0.2, -0.15) is 5.10 Å². The topological polar surface area (TPSA) is 78.7 Å². The molecule has 0 aliphatic carbocycles. The Morgan fingerprint density at radius 3 is 2.66 bits per heavy atom. The lowest BCUT2D eigenvalue weighted by atomic mass is 9.91. The predicted molar refractivity (Wildman–Crippen MR) is 138 cm³/mol. The summed E-state index contributed by atoms with van der Waals surface area (Å²) < 4.78 is 5.68. The van der Waals surface area contributed by atoms with Crippen molar-refractivity contribution in [2.75, 3.05) is 0 Å². The van der Waals surface area contributed by atoms with Crippen LogP contribution in [0.4, 0.5) is 0 Å². The van der Waals surface area contributed by atoms with Crippen molar-refractivity contribution in [3.8, 4) is 11.1 Å². The van der Waals surface area contributed by atoms with Gasteiger partial charge in [0.1, 0.15) is 11.8 Å². The summed E-state index contributed by atoms with van der Waals surface area (Å²) >= 11 is 1.36. The molecule has 4 heterocycles. The minimum absolute atomic E-state index is 0.217. The summed E-state index contributed by atoms with van der Waals surface area (Å²) in [4.78, 5) is 30.5. The molecule has 6 nitrogen and oxygen atoms in total. The first kappa shape index (κ1) is 21.3. The maximum absolute atomic E-state index is 13.5. The fourth-order valence-electron chi connectivity index (χ4n) is 4.65. The van der Waals surface area contributed by atoms with E-state index in [1.807, 2.05) is 66.9 Å². The number of hydrogen-bond acceptors (Lipinski definition) is 5. The predicted octanol–water partition coefficient (Wildman–Crippen LogP) is 6.15. The lowest BCUT2D eigenvalue weighted by Gasteiger charge is -2.19. The zero-order chi connectivity index (χ0) is 23.9. The van der Waals surface area contributed by atoms with E-state index in [1.54, 1.807) is 18.4 Å². The Kier molecular flexibility index (Phi) is 5.19. The second-order valence-electron chi connectivity index (χ2n) is 8.53. The summed E-state index contributed by atoms with van der Waals surface area (Å²) in [7, 11) is 0. The number of hydrazone groups is 1. The average molecular weight is 480 g/mol. The van der Waals surface area contributed by atoms with E-state index in [4.69, 9.17) is 9.52 Å². The number of H-pyrrole nitrogens is 1. The van der Waals surface area contributed by atoms with E-state index < -0.39 is 6.04 Å². The molecule has 5 aromatic rings. The number of amides is 1. The van der Waals surface area contributed by atoms with Gasteiger partial charge in [0.15, 0.2) is 0 Å². The molecule has 0 radical (unpaired) electrons. The molecule has 3 aromatic heterocycles. The summed E-state index contributed by atoms with van der Waals surface area (Å²) in [6, 6.07) is 22.6. The molecule has 0 saturated heterocycles. The zero-order valence-corrected chi connectivity index (χ0v) is 19.7. The number of aromatic amines is 1. The highest BCUT2D eigenvalue weighted by Crippen LogP contribution is 2.38. The minimum Gasteiger partial charge on any atom is -0.467 e. The molecule has 1 aliphatic rings. The number of nitrogens with zero attached hydrogens (tertiary/aromatic N) is 2. The molecule has 7 heteroatoms. The molecule has 1 atom stereocenters. The van der Waals surface area contributed by atoms with Crippen molar-refractivity contribution in [3.05, 3.63) is 117 Å².